The lowest BCUT2D eigenvalue weighted by molar-refractivity contribution is -0.136. The number of hydrogen-bond acceptors (Lipinski definition) is 3. The number of carbonyl (C=O) groups is 1. The van der Waals surface area contributed by atoms with Crippen molar-refractivity contribution < 1.29 is 14.1 Å². The number of benzene rings is 1. The van der Waals surface area contributed by atoms with Gasteiger partial charge in [0.15, 0.2) is 0 Å². The molecule has 0 saturated carbocycles. The van der Waals surface area contributed by atoms with Crippen molar-refractivity contribution in [2.24, 2.45) is 0 Å². The van der Waals surface area contributed by atoms with Gasteiger partial charge in [0, 0.05) is 35.4 Å². The Morgan fingerprint density at radius 3 is 2.42 bits per heavy atom. The van der Waals surface area contributed by atoms with Gasteiger partial charge in [0.1, 0.15) is 0 Å². The number of rotatable bonds is 8. The molecule has 0 aromatic heterocycles. The molecule has 2 N–H and O–H groups in total. The minimum Gasteiger partial charge on any atom is -0.481 e. The highest BCUT2D eigenvalue weighted by Crippen LogP contribution is 2.06. The molecule has 0 heterocycles. The fourth-order valence-electron chi connectivity index (χ4n) is 1.69. The molecule has 1 aromatic carbocycles. The SMILES string of the molecule is CC(CCS(C)=O)NCc1ccc(CC(=O)O)cc1. The highest BCUT2D eigenvalue weighted by molar-refractivity contribution is 7.84. The van der Waals surface area contributed by atoms with Crippen LogP contribution >= 0.6 is 0 Å². The Hall–Kier alpha value is -1.20. The maximum atomic E-state index is 11.0. The lowest BCUT2D eigenvalue weighted by Gasteiger charge is -2.13. The van der Waals surface area contributed by atoms with Crippen LogP contribution in [0.25, 0.3) is 0 Å². The smallest absolute Gasteiger partial charge is 0.307 e. The zero-order chi connectivity index (χ0) is 14.3. The van der Waals surface area contributed by atoms with E-state index in [4.69, 9.17) is 5.11 Å². The van der Waals surface area contributed by atoms with Gasteiger partial charge in [-0.25, -0.2) is 0 Å². The van der Waals surface area contributed by atoms with Crippen molar-refractivity contribution in [3.8, 4) is 0 Å². The summed E-state index contributed by atoms with van der Waals surface area (Å²) in [5, 5.41) is 12.0. The summed E-state index contributed by atoms with van der Waals surface area (Å²) in [6.45, 7) is 2.82. The molecule has 2 atom stereocenters. The molecule has 0 radical (unpaired) electrons. The van der Waals surface area contributed by atoms with Gasteiger partial charge in [0.2, 0.25) is 0 Å². The van der Waals surface area contributed by atoms with E-state index in [1.165, 1.54) is 0 Å². The van der Waals surface area contributed by atoms with Gasteiger partial charge in [-0.1, -0.05) is 24.3 Å². The quantitative estimate of drug-likeness (QED) is 0.760. The monoisotopic (exact) mass is 283 g/mol. The highest BCUT2D eigenvalue weighted by Gasteiger charge is 2.04. The van der Waals surface area contributed by atoms with E-state index in [1.54, 1.807) is 6.26 Å². The summed E-state index contributed by atoms with van der Waals surface area (Å²) in [6, 6.07) is 7.89. The van der Waals surface area contributed by atoms with Crippen molar-refractivity contribution in [1.29, 1.82) is 0 Å². The molecule has 0 saturated heterocycles. The van der Waals surface area contributed by atoms with E-state index >= 15 is 0 Å². The Balaban J connectivity index is 2.37. The predicted molar refractivity (Wildman–Crippen MR) is 77.6 cm³/mol. The normalized spacial score (nSPS) is 14.0. The first-order valence-corrected chi connectivity index (χ1v) is 8.03. The molecule has 0 spiro atoms. The first kappa shape index (κ1) is 15.9. The summed E-state index contributed by atoms with van der Waals surface area (Å²) in [5.41, 5.74) is 1.93. The zero-order valence-corrected chi connectivity index (χ0v) is 12.2. The first-order valence-electron chi connectivity index (χ1n) is 6.30. The number of carboxylic acid groups (broad SMARTS) is 1. The van der Waals surface area contributed by atoms with Crippen LogP contribution in [-0.2, 0) is 28.6 Å². The van der Waals surface area contributed by atoms with Crippen molar-refractivity contribution in [3.05, 3.63) is 35.4 Å². The molecule has 0 amide bonds. The number of carboxylic acids is 1. The Morgan fingerprint density at radius 1 is 1.32 bits per heavy atom. The summed E-state index contributed by atoms with van der Waals surface area (Å²) >= 11 is 0. The van der Waals surface area contributed by atoms with Gasteiger partial charge < -0.3 is 10.4 Å². The van der Waals surface area contributed by atoms with E-state index in [1.807, 2.05) is 24.3 Å². The molecule has 106 valence electrons. The fraction of sp³-hybridized carbons (Fsp3) is 0.500. The molecule has 0 aliphatic rings. The van der Waals surface area contributed by atoms with E-state index in [0.29, 0.717) is 11.8 Å². The van der Waals surface area contributed by atoms with Gasteiger partial charge in [0.05, 0.1) is 6.42 Å². The summed E-state index contributed by atoms with van der Waals surface area (Å²) in [7, 11) is -0.739. The second-order valence-electron chi connectivity index (χ2n) is 4.73. The van der Waals surface area contributed by atoms with E-state index in [2.05, 4.69) is 12.2 Å². The predicted octanol–water partition coefficient (Wildman–Crippen LogP) is 1.56. The van der Waals surface area contributed by atoms with Crippen LogP contribution in [0.5, 0.6) is 0 Å². The van der Waals surface area contributed by atoms with Crippen LogP contribution < -0.4 is 5.32 Å². The second kappa shape index (κ2) is 8.07. The Kier molecular flexibility index (Phi) is 6.73. The maximum absolute atomic E-state index is 11.0. The van der Waals surface area contributed by atoms with Crippen LogP contribution in [0, 0.1) is 0 Å². The van der Waals surface area contributed by atoms with Gasteiger partial charge in [0.25, 0.3) is 0 Å². The molecule has 19 heavy (non-hydrogen) atoms. The molecule has 4 nitrogen and oxygen atoms in total. The fourth-order valence-corrected chi connectivity index (χ4v) is 2.37. The van der Waals surface area contributed by atoms with Crippen LogP contribution in [0.15, 0.2) is 24.3 Å². The molecule has 2 unspecified atom stereocenters. The minimum atomic E-state index is -0.813. The molecule has 5 heteroatoms. The summed E-state index contributed by atoms with van der Waals surface area (Å²) in [5.74, 6) is -0.0989. The Labute approximate surface area is 116 Å². The molecular formula is C14H21NO3S. The van der Waals surface area contributed by atoms with Gasteiger partial charge in [-0.05, 0) is 24.5 Å². The molecule has 1 aromatic rings. The second-order valence-corrected chi connectivity index (χ2v) is 6.29. The molecule has 0 aliphatic heterocycles. The van der Waals surface area contributed by atoms with Crippen molar-refractivity contribution in [3.63, 3.8) is 0 Å². The van der Waals surface area contributed by atoms with E-state index in [9.17, 15) is 9.00 Å². The molecule has 1 rings (SSSR count). The molecule has 0 bridgehead atoms. The van der Waals surface area contributed by atoms with Gasteiger partial charge in [-0.15, -0.1) is 0 Å². The number of nitrogens with one attached hydrogen (secondary N) is 1. The third kappa shape index (κ3) is 7.08. The van der Waals surface area contributed by atoms with Crippen molar-refractivity contribution >= 4 is 16.8 Å². The Morgan fingerprint density at radius 2 is 1.89 bits per heavy atom. The lowest BCUT2D eigenvalue weighted by Crippen LogP contribution is -2.26. The van der Waals surface area contributed by atoms with Crippen LogP contribution in [-0.4, -0.2) is 33.3 Å². The molecular weight excluding hydrogens is 262 g/mol. The van der Waals surface area contributed by atoms with Crippen molar-refractivity contribution in [1.82, 2.24) is 5.32 Å². The van der Waals surface area contributed by atoms with E-state index in [-0.39, 0.29) is 6.42 Å². The third-order valence-electron chi connectivity index (χ3n) is 2.87. The Bertz CT molecular complexity index is 431. The van der Waals surface area contributed by atoms with Gasteiger partial charge >= 0.3 is 5.97 Å². The van der Waals surface area contributed by atoms with Crippen LogP contribution in [0.4, 0.5) is 0 Å². The summed E-state index contributed by atoms with van der Waals surface area (Å²) in [6.07, 6.45) is 2.67. The largest absolute Gasteiger partial charge is 0.481 e. The van der Waals surface area contributed by atoms with Crippen LogP contribution in [0.2, 0.25) is 0 Å². The standard InChI is InChI=1S/C14H21NO3S/c1-11(7-8-19(2)18)15-10-13-5-3-12(4-6-13)9-14(16)17/h3-6,11,15H,7-10H2,1-2H3,(H,16,17). The van der Waals surface area contributed by atoms with Crippen molar-refractivity contribution in [2.45, 2.75) is 32.4 Å². The van der Waals surface area contributed by atoms with Crippen molar-refractivity contribution in [2.75, 3.05) is 12.0 Å². The zero-order valence-electron chi connectivity index (χ0n) is 11.4. The lowest BCUT2D eigenvalue weighted by atomic mass is 10.1. The third-order valence-corrected chi connectivity index (χ3v) is 3.68. The average Bonchev–Trinajstić information content (AvgIpc) is 2.35. The van der Waals surface area contributed by atoms with E-state index in [0.717, 1.165) is 24.1 Å². The van der Waals surface area contributed by atoms with Gasteiger partial charge in [-0.3, -0.25) is 9.00 Å². The van der Waals surface area contributed by atoms with Crippen LogP contribution in [0.1, 0.15) is 24.5 Å². The topological polar surface area (TPSA) is 66.4 Å². The average molecular weight is 283 g/mol. The minimum absolute atomic E-state index is 0.0619. The van der Waals surface area contributed by atoms with E-state index < -0.39 is 16.8 Å². The number of hydrogen-bond donors (Lipinski definition) is 2. The number of aliphatic carboxylic acids is 1. The maximum Gasteiger partial charge on any atom is 0.307 e. The molecule has 0 aliphatic carbocycles. The molecule has 0 fully saturated rings. The highest BCUT2D eigenvalue weighted by atomic mass is 32.2. The van der Waals surface area contributed by atoms with Gasteiger partial charge in [-0.2, -0.15) is 0 Å². The van der Waals surface area contributed by atoms with Crippen LogP contribution in [0.3, 0.4) is 0 Å². The summed E-state index contributed by atoms with van der Waals surface area (Å²) in [4.78, 5) is 10.6. The summed E-state index contributed by atoms with van der Waals surface area (Å²) < 4.78 is 11.0. The first-order chi connectivity index (χ1) is 8.97.